The van der Waals surface area contributed by atoms with E-state index < -0.39 is 12.1 Å². The van der Waals surface area contributed by atoms with E-state index >= 15 is 0 Å². The zero-order chi connectivity index (χ0) is 15.6. The molecule has 1 saturated heterocycles. The van der Waals surface area contributed by atoms with Gasteiger partial charge in [0.05, 0.1) is 5.92 Å². The molecule has 0 unspecified atom stereocenters. The van der Waals surface area contributed by atoms with Gasteiger partial charge in [0.25, 0.3) is 0 Å². The van der Waals surface area contributed by atoms with Crippen LogP contribution in [0.4, 0.5) is 13.2 Å². The summed E-state index contributed by atoms with van der Waals surface area (Å²) >= 11 is 0. The third-order valence-corrected chi connectivity index (χ3v) is 4.28. The second-order valence-corrected chi connectivity index (χ2v) is 5.82. The fourth-order valence-corrected chi connectivity index (χ4v) is 3.16. The summed E-state index contributed by atoms with van der Waals surface area (Å²) in [6, 6.07) is 19.0. The number of hydrogen-bond donors (Lipinski definition) is 0. The Morgan fingerprint density at radius 1 is 0.909 bits per heavy atom. The summed E-state index contributed by atoms with van der Waals surface area (Å²) in [6.45, 7) is 0.616. The van der Waals surface area contributed by atoms with Crippen molar-refractivity contribution in [1.82, 2.24) is 4.90 Å². The van der Waals surface area contributed by atoms with Crippen LogP contribution in [0.25, 0.3) is 0 Å². The van der Waals surface area contributed by atoms with Crippen LogP contribution in [0.3, 0.4) is 0 Å². The first kappa shape index (κ1) is 15.1. The minimum absolute atomic E-state index is 0.0674. The smallest absolute Gasteiger partial charge is 0.291 e. The molecule has 0 spiro atoms. The Kier molecular flexibility index (Phi) is 4.21. The van der Waals surface area contributed by atoms with Crippen molar-refractivity contribution in [3.05, 3.63) is 71.8 Å². The minimum atomic E-state index is -4.13. The lowest BCUT2D eigenvalue weighted by Gasteiger charge is -2.24. The standard InChI is InChI=1S/C18H18F3N/c19-18(20,21)16-11-17(15-9-5-2-6-10-15)22(13-16)12-14-7-3-1-4-8-14/h1-10,16-17H,11-13H2/t16-,17-/m0/s1. The molecule has 0 saturated carbocycles. The van der Waals surface area contributed by atoms with Crippen LogP contribution < -0.4 is 0 Å². The molecule has 0 bridgehead atoms. The summed E-state index contributed by atoms with van der Waals surface area (Å²) < 4.78 is 39.4. The quantitative estimate of drug-likeness (QED) is 0.786. The molecule has 2 atom stereocenters. The molecule has 0 aromatic heterocycles. The van der Waals surface area contributed by atoms with Gasteiger partial charge in [-0.2, -0.15) is 13.2 Å². The van der Waals surface area contributed by atoms with E-state index in [1.165, 1.54) is 0 Å². The van der Waals surface area contributed by atoms with Crippen LogP contribution in [0.2, 0.25) is 0 Å². The second-order valence-electron chi connectivity index (χ2n) is 5.82. The zero-order valence-corrected chi connectivity index (χ0v) is 12.1. The van der Waals surface area contributed by atoms with Gasteiger partial charge in [0.1, 0.15) is 0 Å². The summed E-state index contributed by atoms with van der Waals surface area (Å²) in [6.07, 6.45) is -3.99. The topological polar surface area (TPSA) is 3.24 Å². The van der Waals surface area contributed by atoms with Crippen molar-refractivity contribution in [2.45, 2.75) is 25.2 Å². The molecule has 116 valence electrons. The maximum Gasteiger partial charge on any atom is 0.393 e. The Bertz CT molecular complexity index is 595. The summed E-state index contributed by atoms with van der Waals surface area (Å²) in [5.74, 6) is -1.25. The van der Waals surface area contributed by atoms with Crippen LogP contribution in [0.1, 0.15) is 23.6 Å². The van der Waals surface area contributed by atoms with Crippen molar-refractivity contribution < 1.29 is 13.2 Å². The normalized spacial score (nSPS) is 22.9. The molecule has 22 heavy (non-hydrogen) atoms. The number of nitrogens with zero attached hydrogens (tertiary/aromatic N) is 1. The minimum Gasteiger partial charge on any atom is -0.291 e. The molecule has 1 nitrogen and oxygen atoms in total. The highest BCUT2D eigenvalue weighted by molar-refractivity contribution is 5.22. The van der Waals surface area contributed by atoms with E-state index in [0.717, 1.165) is 11.1 Å². The average molecular weight is 305 g/mol. The van der Waals surface area contributed by atoms with Gasteiger partial charge >= 0.3 is 6.18 Å². The number of hydrogen-bond acceptors (Lipinski definition) is 1. The highest BCUT2D eigenvalue weighted by Crippen LogP contribution is 2.43. The highest BCUT2D eigenvalue weighted by atomic mass is 19.4. The van der Waals surface area contributed by atoms with Gasteiger partial charge in [0.2, 0.25) is 0 Å². The SMILES string of the molecule is FC(F)(F)[C@H]1C[C@@H](c2ccccc2)N(Cc2ccccc2)C1. The molecule has 1 aliphatic heterocycles. The van der Waals surface area contributed by atoms with E-state index in [1.54, 1.807) is 0 Å². The first-order valence-corrected chi connectivity index (χ1v) is 7.43. The van der Waals surface area contributed by atoms with Crippen molar-refractivity contribution >= 4 is 0 Å². The molecular formula is C18H18F3N. The van der Waals surface area contributed by atoms with Crippen molar-refractivity contribution in [3.8, 4) is 0 Å². The molecule has 2 aromatic carbocycles. The molecule has 0 radical (unpaired) electrons. The summed E-state index contributed by atoms with van der Waals surface area (Å²) in [4.78, 5) is 1.95. The lowest BCUT2D eigenvalue weighted by Crippen LogP contribution is -2.28. The van der Waals surface area contributed by atoms with Gasteiger partial charge in [-0.3, -0.25) is 4.90 Å². The Morgan fingerprint density at radius 2 is 1.50 bits per heavy atom. The van der Waals surface area contributed by atoms with E-state index in [-0.39, 0.29) is 19.0 Å². The zero-order valence-electron chi connectivity index (χ0n) is 12.1. The van der Waals surface area contributed by atoms with Gasteiger partial charge in [0, 0.05) is 19.1 Å². The van der Waals surface area contributed by atoms with Crippen LogP contribution in [-0.4, -0.2) is 17.6 Å². The van der Waals surface area contributed by atoms with E-state index in [1.807, 2.05) is 65.6 Å². The van der Waals surface area contributed by atoms with Crippen molar-refractivity contribution in [3.63, 3.8) is 0 Å². The molecular weight excluding hydrogens is 287 g/mol. The van der Waals surface area contributed by atoms with Crippen molar-refractivity contribution in [2.75, 3.05) is 6.54 Å². The molecule has 3 rings (SSSR count). The van der Waals surface area contributed by atoms with E-state index in [2.05, 4.69) is 0 Å². The number of alkyl halides is 3. The summed E-state index contributed by atoms with van der Waals surface area (Å²) in [7, 11) is 0. The number of benzene rings is 2. The summed E-state index contributed by atoms with van der Waals surface area (Å²) in [5, 5.41) is 0. The van der Waals surface area contributed by atoms with E-state index in [9.17, 15) is 13.2 Å². The first-order chi connectivity index (χ1) is 10.5. The lowest BCUT2D eigenvalue weighted by atomic mass is 9.99. The fourth-order valence-electron chi connectivity index (χ4n) is 3.16. The van der Waals surface area contributed by atoms with Crippen LogP contribution in [0.15, 0.2) is 60.7 Å². The van der Waals surface area contributed by atoms with Crippen molar-refractivity contribution in [1.29, 1.82) is 0 Å². The molecule has 4 heteroatoms. The van der Waals surface area contributed by atoms with Gasteiger partial charge in [-0.25, -0.2) is 0 Å². The Morgan fingerprint density at radius 3 is 2.09 bits per heavy atom. The van der Waals surface area contributed by atoms with Gasteiger partial charge in [0.15, 0.2) is 0 Å². The molecule has 0 amide bonds. The molecule has 2 aromatic rings. The monoisotopic (exact) mass is 305 g/mol. The molecule has 1 heterocycles. The van der Waals surface area contributed by atoms with Gasteiger partial charge in [-0.15, -0.1) is 0 Å². The predicted molar refractivity (Wildman–Crippen MR) is 80.2 cm³/mol. The Hall–Kier alpha value is -1.81. The Labute approximate surface area is 128 Å². The number of halogens is 3. The molecule has 0 aliphatic carbocycles. The molecule has 1 aliphatic rings. The van der Waals surface area contributed by atoms with Crippen LogP contribution >= 0.6 is 0 Å². The van der Waals surface area contributed by atoms with Gasteiger partial charge < -0.3 is 0 Å². The fraction of sp³-hybridized carbons (Fsp3) is 0.333. The predicted octanol–water partition coefficient (Wildman–Crippen LogP) is 4.81. The van der Waals surface area contributed by atoms with Crippen LogP contribution in [0, 0.1) is 5.92 Å². The average Bonchev–Trinajstić information content (AvgIpc) is 2.93. The third kappa shape index (κ3) is 3.33. The van der Waals surface area contributed by atoms with Crippen LogP contribution in [0.5, 0.6) is 0 Å². The second kappa shape index (κ2) is 6.13. The maximum absolute atomic E-state index is 13.1. The molecule has 0 N–H and O–H groups in total. The molecule has 1 fully saturated rings. The largest absolute Gasteiger partial charge is 0.393 e. The first-order valence-electron chi connectivity index (χ1n) is 7.43. The van der Waals surface area contributed by atoms with Gasteiger partial charge in [-0.1, -0.05) is 60.7 Å². The van der Waals surface area contributed by atoms with E-state index in [0.29, 0.717) is 6.54 Å². The maximum atomic E-state index is 13.1. The summed E-state index contributed by atoms with van der Waals surface area (Å²) in [5.41, 5.74) is 2.01. The van der Waals surface area contributed by atoms with Crippen molar-refractivity contribution in [2.24, 2.45) is 5.92 Å². The van der Waals surface area contributed by atoms with E-state index in [4.69, 9.17) is 0 Å². The highest BCUT2D eigenvalue weighted by Gasteiger charge is 2.47. The van der Waals surface area contributed by atoms with Crippen LogP contribution in [-0.2, 0) is 6.54 Å². The number of rotatable bonds is 3. The number of likely N-dealkylation sites (tertiary alicyclic amines) is 1. The Balaban J connectivity index is 1.84. The third-order valence-electron chi connectivity index (χ3n) is 4.28. The van der Waals surface area contributed by atoms with Gasteiger partial charge in [-0.05, 0) is 17.5 Å². The lowest BCUT2D eigenvalue weighted by molar-refractivity contribution is -0.170.